The van der Waals surface area contributed by atoms with Crippen molar-refractivity contribution < 1.29 is 14.6 Å². The summed E-state index contributed by atoms with van der Waals surface area (Å²) in [4.78, 5) is 10.9. The molecule has 3 nitrogen and oxygen atoms in total. The van der Waals surface area contributed by atoms with E-state index in [-0.39, 0.29) is 5.56 Å². The number of carboxylic acid groups (broad SMARTS) is 1. The molecule has 0 aliphatic carbocycles. The van der Waals surface area contributed by atoms with Crippen molar-refractivity contribution in [3.05, 3.63) is 41.1 Å². The molecule has 0 spiro atoms. The summed E-state index contributed by atoms with van der Waals surface area (Å²) in [7, 11) is 0.567. The van der Waals surface area contributed by atoms with Gasteiger partial charge in [0.15, 0.2) is 0 Å². The molecule has 1 aromatic rings. The fourth-order valence-corrected chi connectivity index (χ4v) is 1.76. The average Bonchev–Trinajstić information content (AvgIpc) is 2.29. The van der Waals surface area contributed by atoms with Crippen LogP contribution in [-0.4, -0.2) is 26.8 Å². The highest BCUT2D eigenvalue weighted by atomic mass is 28.2. The van der Waals surface area contributed by atoms with Gasteiger partial charge in [-0.05, 0) is 26.0 Å². The smallest absolute Gasteiger partial charge is 0.339 e. The monoisotopic (exact) mass is 234 g/mol. The average molecular weight is 234 g/mol. The lowest BCUT2D eigenvalue weighted by Gasteiger charge is -2.08. The lowest BCUT2D eigenvalue weighted by atomic mass is 10.2. The van der Waals surface area contributed by atoms with E-state index in [9.17, 15) is 4.79 Å². The number of hydrogen-bond acceptors (Lipinski definition) is 2. The van der Waals surface area contributed by atoms with Crippen molar-refractivity contribution in [3.8, 4) is 5.75 Å². The maximum absolute atomic E-state index is 10.9. The Kier molecular flexibility index (Phi) is 4.79. The minimum Gasteiger partial charge on any atom is -0.496 e. The van der Waals surface area contributed by atoms with E-state index >= 15 is 0 Å². The van der Waals surface area contributed by atoms with Crippen LogP contribution < -0.4 is 4.74 Å². The van der Waals surface area contributed by atoms with Crippen molar-refractivity contribution in [1.29, 1.82) is 0 Å². The molecule has 0 fully saturated rings. The Morgan fingerprint density at radius 2 is 2.19 bits per heavy atom. The normalized spacial score (nSPS) is 11.2. The van der Waals surface area contributed by atoms with Gasteiger partial charge in [0.2, 0.25) is 0 Å². The number of hydrogen-bond donors (Lipinski definition) is 1. The molecule has 0 aliphatic heterocycles. The van der Waals surface area contributed by atoms with Crippen LogP contribution in [0.25, 0.3) is 0 Å². The van der Waals surface area contributed by atoms with Crippen molar-refractivity contribution in [2.75, 3.05) is 6.23 Å². The molecule has 16 heavy (non-hydrogen) atoms. The molecule has 0 aliphatic rings. The molecule has 0 saturated heterocycles. The molecule has 0 unspecified atom stereocenters. The summed E-state index contributed by atoms with van der Waals surface area (Å²) >= 11 is 0. The molecule has 2 radical (unpaired) electrons. The molecule has 0 saturated carbocycles. The summed E-state index contributed by atoms with van der Waals surface area (Å²) in [6.45, 7) is 4.01. The first-order valence-electron chi connectivity index (χ1n) is 4.97. The molecular formula is C12H14O3Si. The number of rotatable bonds is 5. The van der Waals surface area contributed by atoms with E-state index < -0.39 is 5.97 Å². The molecule has 1 aromatic carbocycles. The third-order valence-electron chi connectivity index (χ3n) is 2.13. The van der Waals surface area contributed by atoms with E-state index in [1.165, 1.54) is 5.20 Å². The van der Waals surface area contributed by atoms with Crippen molar-refractivity contribution in [1.82, 2.24) is 0 Å². The lowest BCUT2D eigenvalue weighted by Crippen LogP contribution is -2.10. The second-order valence-electron chi connectivity index (χ2n) is 3.24. The van der Waals surface area contributed by atoms with Crippen LogP contribution in [0.15, 0.2) is 35.5 Å². The number of carboxylic acids is 1. The molecule has 0 bridgehead atoms. The molecule has 0 heterocycles. The molecular weight excluding hydrogens is 220 g/mol. The maximum Gasteiger partial charge on any atom is 0.339 e. The third kappa shape index (κ3) is 3.55. The zero-order chi connectivity index (χ0) is 12.0. The highest BCUT2D eigenvalue weighted by Gasteiger charge is 2.09. The zero-order valence-corrected chi connectivity index (χ0v) is 10.4. The Morgan fingerprint density at radius 1 is 1.50 bits per heavy atom. The number of ether oxygens (including phenoxy) is 1. The standard InChI is InChI=1S/C12H14O3Si/c1-3-9(2)16-8-15-11-7-5-4-6-10(11)12(13)14/h3-7H,8H2,1-2H3,(H,13,14). The van der Waals surface area contributed by atoms with Gasteiger partial charge in [0.05, 0.1) is 6.23 Å². The topological polar surface area (TPSA) is 46.5 Å². The van der Waals surface area contributed by atoms with Gasteiger partial charge in [0.25, 0.3) is 0 Å². The highest BCUT2D eigenvalue weighted by molar-refractivity contribution is 6.44. The summed E-state index contributed by atoms with van der Waals surface area (Å²) < 4.78 is 5.46. The van der Waals surface area contributed by atoms with Crippen molar-refractivity contribution in [2.24, 2.45) is 0 Å². The van der Waals surface area contributed by atoms with Crippen LogP contribution in [0.5, 0.6) is 5.75 Å². The van der Waals surface area contributed by atoms with E-state index in [0.29, 0.717) is 21.5 Å². The van der Waals surface area contributed by atoms with Gasteiger partial charge in [-0.1, -0.05) is 23.4 Å². The van der Waals surface area contributed by atoms with E-state index in [1.807, 2.05) is 19.9 Å². The Labute approximate surface area is 97.6 Å². The SMILES string of the molecule is CC=C(C)[Si]COc1ccccc1C(=O)O. The van der Waals surface area contributed by atoms with Gasteiger partial charge in [-0.25, -0.2) is 4.79 Å². The number of carbonyl (C=O) groups is 1. The fraction of sp³-hybridized carbons (Fsp3) is 0.250. The molecule has 4 heteroatoms. The summed E-state index contributed by atoms with van der Waals surface area (Å²) in [6, 6.07) is 6.69. The minimum atomic E-state index is -0.957. The van der Waals surface area contributed by atoms with Crippen molar-refractivity contribution in [2.45, 2.75) is 13.8 Å². The summed E-state index contributed by atoms with van der Waals surface area (Å²) in [5.41, 5.74) is 0.213. The number of benzene rings is 1. The fourth-order valence-electron chi connectivity index (χ4n) is 1.10. The van der Waals surface area contributed by atoms with Gasteiger partial charge < -0.3 is 9.84 Å². The van der Waals surface area contributed by atoms with Gasteiger partial charge in [0.1, 0.15) is 20.8 Å². The number of allylic oxidation sites excluding steroid dienone is 2. The quantitative estimate of drug-likeness (QED) is 0.795. The molecule has 84 valence electrons. The molecule has 0 atom stereocenters. The van der Waals surface area contributed by atoms with Gasteiger partial charge >= 0.3 is 5.97 Å². The number of aromatic carboxylic acids is 1. The summed E-state index contributed by atoms with van der Waals surface area (Å²) in [6.07, 6.45) is 2.56. The predicted octanol–water partition coefficient (Wildman–Crippen LogP) is 2.35. The van der Waals surface area contributed by atoms with E-state index in [1.54, 1.807) is 24.3 Å². The van der Waals surface area contributed by atoms with E-state index in [4.69, 9.17) is 9.84 Å². The van der Waals surface area contributed by atoms with Gasteiger partial charge in [-0.3, -0.25) is 0 Å². The molecule has 1 N–H and O–H groups in total. The Morgan fingerprint density at radius 3 is 2.81 bits per heavy atom. The zero-order valence-electron chi connectivity index (χ0n) is 9.36. The minimum absolute atomic E-state index is 0.213. The lowest BCUT2D eigenvalue weighted by molar-refractivity contribution is 0.0693. The third-order valence-corrected chi connectivity index (χ3v) is 3.26. The van der Waals surface area contributed by atoms with Crippen LogP contribution >= 0.6 is 0 Å². The van der Waals surface area contributed by atoms with E-state index in [0.717, 1.165) is 0 Å². The Bertz CT molecular complexity index is 399. The van der Waals surface area contributed by atoms with E-state index in [2.05, 4.69) is 0 Å². The first-order valence-corrected chi connectivity index (χ1v) is 6.17. The van der Waals surface area contributed by atoms with Crippen LogP contribution in [0.2, 0.25) is 0 Å². The van der Waals surface area contributed by atoms with Crippen LogP contribution in [-0.2, 0) is 0 Å². The first-order chi connectivity index (χ1) is 7.65. The van der Waals surface area contributed by atoms with Crippen LogP contribution in [0.4, 0.5) is 0 Å². The van der Waals surface area contributed by atoms with Crippen molar-refractivity contribution in [3.63, 3.8) is 0 Å². The summed E-state index contributed by atoms with van der Waals surface area (Å²) in [5.74, 6) is -0.520. The summed E-state index contributed by atoms with van der Waals surface area (Å²) in [5, 5.41) is 10.2. The second-order valence-corrected chi connectivity index (χ2v) is 4.67. The second kappa shape index (κ2) is 6.12. The van der Waals surface area contributed by atoms with Crippen LogP contribution in [0.1, 0.15) is 24.2 Å². The number of para-hydroxylation sites is 1. The largest absolute Gasteiger partial charge is 0.496 e. The van der Waals surface area contributed by atoms with Gasteiger partial charge in [-0.15, -0.1) is 0 Å². The van der Waals surface area contributed by atoms with Crippen molar-refractivity contribution >= 4 is 15.5 Å². The molecule has 0 amide bonds. The Hall–Kier alpha value is -1.55. The first kappa shape index (κ1) is 12.5. The maximum atomic E-state index is 10.9. The van der Waals surface area contributed by atoms with Crippen LogP contribution in [0, 0.1) is 0 Å². The molecule has 0 aromatic heterocycles. The van der Waals surface area contributed by atoms with Crippen LogP contribution in [0.3, 0.4) is 0 Å². The van der Waals surface area contributed by atoms with Gasteiger partial charge in [-0.2, -0.15) is 0 Å². The molecule has 1 rings (SSSR count). The predicted molar refractivity (Wildman–Crippen MR) is 64.1 cm³/mol. The highest BCUT2D eigenvalue weighted by Crippen LogP contribution is 2.17. The Balaban J connectivity index is 2.63. The van der Waals surface area contributed by atoms with Gasteiger partial charge in [0, 0.05) is 0 Å².